The van der Waals surface area contributed by atoms with Crippen molar-refractivity contribution in [2.75, 3.05) is 0 Å². The Labute approximate surface area is 110 Å². The van der Waals surface area contributed by atoms with E-state index in [0.717, 1.165) is 27.1 Å². The molecule has 1 aromatic carbocycles. The van der Waals surface area contributed by atoms with Crippen LogP contribution in [-0.2, 0) is 0 Å². The molecule has 0 fully saturated rings. The highest BCUT2D eigenvalue weighted by atomic mass is 79.9. The molecule has 0 unspecified atom stereocenters. The van der Waals surface area contributed by atoms with Gasteiger partial charge in [0.2, 0.25) is 0 Å². The highest BCUT2D eigenvalue weighted by molar-refractivity contribution is 9.10. The van der Waals surface area contributed by atoms with E-state index in [2.05, 4.69) is 33.2 Å². The molecule has 0 radical (unpaired) electrons. The average Bonchev–Trinajstić information content (AvgIpc) is 2.57. The lowest BCUT2D eigenvalue weighted by atomic mass is 10.1. The van der Waals surface area contributed by atoms with Gasteiger partial charge in [-0.2, -0.15) is 5.10 Å². The summed E-state index contributed by atoms with van der Waals surface area (Å²) in [5.74, 6) is 0. The number of halogens is 1. The number of benzene rings is 1. The van der Waals surface area contributed by atoms with Gasteiger partial charge in [0.05, 0.1) is 11.4 Å². The van der Waals surface area contributed by atoms with E-state index in [0.29, 0.717) is 0 Å². The van der Waals surface area contributed by atoms with Crippen molar-refractivity contribution >= 4 is 15.9 Å². The first-order valence-electron chi connectivity index (χ1n) is 5.57. The molecule has 1 aromatic heterocycles. The van der Waals surface area contributed by atoms with Crippen LogP contribution in [0.1, 0.15) is 29.9 Å². The van der Waals surface area contributed by atoms with Crippen LogP contribution < -0.4 is 5.73 Å². The molecule has 0 saturated carbocycles. The van der Waals surface area contributed by atoms with Gasteiger partial charge in [0.25, 0.3) is 0 Å². The maximum atomic E-state index is 5.88. The van der Waals surface area contributed by atoms with Gasteiger partial charge in [0.15, 0.2) is 0 Å². The minimum Gasteiger partial charge on any atom is -0.324 e. The van der Waals surface area contributed by atoms with Crippen LogP contribution in [0.3, 0.4) is 0 Å². The van der Waals surface area contributed by atoms with E-state index in [9.17, 15) is 0 Å². The Morgan fingerprint density at radius 2 is 2.00 bits per heavy atom. The lowest BCUT2D eigenvalue weighted by Gasteiger charge is -2.11. The molecule has 2 aromatic rings. The fourth-order valence-electron chi connectivity index (χ4n) is 1.91. The van der Waals surface area contributed by atoms with E-state index < -0.39 is 0 Å². The van der Waals surface area contributed by atoms with Crippen molar-refractivity contribution < 1.29 is 0 Å². The third-order valence-corrected chi connectivity index (χ3v) is 3.42. The SMILES string of the molecule is Cc1cc(C)n(-c2ccc([C@@H](C)N)c(Br)c2)n1. The van der Waals surface area contributed by atoms with Gasteiger partial charge in [0, 0.05) is 16.2 Å². The third-order valence-electron chi connectivity index (χ3n) is 2.73. The van der Waals surface area contributed by atoms with Crippen molar-refractivity contribution in [2.45, 2.75) is 26.8 Å². The lowest BCUT2D eigenvalue weighted by molar-refractivity contribution is 0.803. The standard InChI is InChI=1S/C13H16BrN3/c1-8-6-9(2)17(16-8)11-4-5-12(10(3)15)13(14)7-11/h4-7,10H,15H2,1-3H3/t10-/m1/s1. The maximum Gasteiger partial charge on any atom is 0.0660 e. The quantitative estimate of drug-likeness (QED) is 0.923. The summed E-state index contributed by atoms with van der Waals surface area (Å²) in [4.78, 5) is 0. The lowest BCUT2D eigenvalue weighted by Crippen LogP contribution is -2.07. The molecule has 0 spiro atoms. The highest BCUT2D eigenvalue weighted by Gasteiger charge is 2.08. The van der Waals surface area contributed by atoms with Gasteiger partial charge in [-0.15, -0.1) is 0 Å². The second-order valence-corrected chi connectivity index (χ2v) is 5.19. The summed E-state index contributed by atoms with van der Waals surface area (Å²) < 4.78 is 2.96. The molecule has 1 heterocycles. The minimum absolute atomic E-state index is 0.0267. The predicted molar refractivity (Wildman–Crippen MR) is 73.3 cm³/mol. The molecule has 0 aliphatic carbocycles. The monoisotopic (exact) mass is 293 g/mol. The van der Waals surface area contributed by atoms with Gasteiger partial charge < -0.3 is 5.73 Å². The summed E-state index contributed by atoms with van der Waals surface area (Å²) in [6.07, 6.45) is 0. The molecule has 4 heteroatoms. The Bertz CT molecular complexity index is 544. The van der Waals surface area contributed by atoms with E-state index in [1.807, 2.05) is 37.6 Å². The zero-order valence-corrected chi connectivity index (χ0v) is 11.8. The second kappa shape index (κ2) is 4.63. The van der Waals surface area contributed by atoms with Gasteiger partial charge in [-0.1, -0.05) is 22.0 Å². The molecular formula is C13H16BrN3. The predicted octanol–water partition coefficient (Wildman–Crippen LogP) is 3.27. The maximum absolute atomic E-state index is 5.88. The molecule has 3 nitrogen and oxygen atoms in total. The molecule has 0 bridgehead atoms. The molecule has 2 rings (SSSR count). The number of hydrogen-bond acceptors (Lipinski definition) is 2. The zero-order chi connectivity index (χ0) is 12.6. The second-order valence-electron chi connectivity index (χ2n) is 4.33. The average molecular weight is 294 g/mol. The normalized spacial score (nSPS) is 12.8. The van der Waals surface area contributed by atoms with E-state index in [-0.39, 0.29) is 6.04 Å². The van der Waals surface area contributed by atoms with E-state index >= 15 is 0 Å². The molecule has 0 aliphatic heterocycles. The van der Waals surface area contributed by atoms with Gasteiger partial charge in [-0.05, 0) is 44.5 Å². The molecule has 90 valence electrons. The van der Waals surface area contributed by atoms with Crippen LogP contribution in [0.25, 0.3) is 5.69 Å². The van der Waals surface area contributed by atoms with Gasteiger partial charge in [-0.25, -0.2) is 4.68 Å². The van der Waals surface area contributed by atoms with E-state index in [4.69, 9.17) is 5.73 Å². The molecule has 0 aliphatic rings. The van der Waals surface area contributed by atoms with Crippen molar-refractivity contribution in [3.63, 3.8) is 0 Å². The number of hydrogen-bond donors (Lipinski definition) is 1. The topological polar surface area (TPSA) is 43.8 Å². The van der Waals surface area contributed by atoms with Crippen molar-refractivity contribution in [3.8, 4) is 5.69 Å². The summed E-state index contributed by atoms with van der Waals surface area (Å²) in [6.45, 7) is 6.02. The van der Waals surface area contributed by atoms with Crippen LogP contribution in [0.4, 0.5) is 0 Å². The Morgan fingerprint density at radius 1 is 1.29 bits per heavy atom. The van der Waals surface area contributed by atoms with Crippen molar-refractivity contribution in [2.24, 2.45) is 5.73 Å². The summed E-state index contributed by atoms with van der Waals surface area (Å²) >= 11 is 3.56. The summed E-state index contributed by atoms with van der Waals surface area (Å²) in [6, 6.07) is 8.23. The summed E-state index contributed by atoms with van der Waals surface area (Å²) in [5.41, 5.74) is 10.2. The van der Waals surface area contributed by atoms with Crippen LogP contribution in [0.15, 0.2) is 28.7 Å². The Balaban J connectivity index is 2.48. The Kier molecular flexibility index (Phi) is 3.35. The molecular weight excluding hydrogens is 278 g/mol. The van der Waals surface area contributed by atoms with Crippen LogP contribution in [0.2, 0.25) is 0 Å². The number of aromatic nitrogens is 2. The number of aryl methyl sites for hydroxylation is 2. The minimum atomic E-state index is 0.0267. The van der Waals surface area contributed by atoms with Crippen molar-refractivity contribution in [3.05, 3.63) is 45.7 Å². The van der Waals surface area contributed by atoms with Crippen LogP contribution in [0.5, 0.6) is 0 Å². The number of nitrogens with two attached hydrogens (primary N) is 1. The molecule has 2 N–H and O–H groups in total. The molecule has 17 heavy (non-hydrogen) atoms. The van der Waals surface area contributed by atoms with E-state index in [1.54, 1.807) is 0 Å². The first kappa shape index (κ1) is 12.3. The summed E-state index contributed by atoms with van der Waals surface area (Å²) in [7, 11) is 0. The fourth-order valence-corrected chi connectivity index (χ4v) is 2.64. The Morgan fingerprint density at radius 3 is 2.47 bits per heavy atom. The first-order chi connectivity index (χ1) is 7.99. The Hall–Kier alpha value is -1.13. The van der Waals surface area contributed by atoms with Crippen LogP contribution in [0, 0.1) is 13.8 Å². The van der Waals surface area contributed by atoms with Crippen LogP contribution in [-0.4, -0.2) is 9.78 Å². The van der Waals surface area contributed by atoms with Crippen molar-refractivity contribution in [1.82, 2.24) is 9.78 Å². The van der Waals surface area contributed by atoms with Crippen molar-refractivity contribution in [1.29, 1.82) is 0 Å². The molecule has 0 saturated heterocycles. The number of nitrogens with zero attached hydrogens (tertiary/aromatic N) is 2. The molecule has 1 atom stereocenters. The van der Waals surface area contributed by atoms with Gasteiger partial charge in [0.1, 0.15) is 0 Å². The van der Waals surface area contributed by atoms with Gasteiger partial charge in [-0.3, -0.25) is 0 Å². The smallest absolute Gasteiger partial charge is 0.0660 e. The largest absolute Gasteiger partial charge is 0.324 e. The highest BCUT2D eigenvalue weighted by Crippen LogP contribution is 2.25. The fraction of sp³-hybridized carbons (Fsp3) is 0.308. The van der Waals surface area contributed by atoms with Crippen LogP contribution >= 0.6 is 15.9 Å². The van der Waals surface area contributed by atoms with E-state index in [1.165, 1.54) is 0 Å². The summed E-state index contributed by atoms with van der Waals surface area (Å²) in [5, 5.41) is 4.46. The van der Waals surface area contributed by atoms with Gasteiger partial charge >= 0.3 is 0 Å². The molecule has 0 amide bonds. The first-order valence-corrected chi connectivity index (χ1v) is 6.37. The number of rotatable bonds is 2. The third kappa shape index (κ3) is 2.42. The zero-order valence-electron chi connectivity index (χ0n) is 10.2.